The number of aromatic nitrogens is 2. The van der Waals surface area contributed by atoms with Crippen LogP contribution in [-0.4, -0.2) is 46.4 Å². The molecule has 3 aromatic rings. The molecule has 0 bridgehead atoms. The molecule has 0 aliphatic rings. The van der Waals surface area contributed by atoms with Crippen molar-refractivity contribution in [2.45, 2.75) is 37.7 Å². The van der Waals surface area contributed by atoms with Crippen molar-refractivity contribution in [3.8, 4) is 0 Å². The molecule has 180 valence electrons. The molecule has 0 fully saturated rings. The molecule has 1 atom stereocenters. The van der Waals surface area contributed by atoms with Crippen molar-refractivity contribution < 1.29 is 23.5 Å². The topological polar surface area (TPSA) is 133 Å². The minimum atomic E-state index is -0.749. The first-order valence-electron chi connectivity index (χ1n) is 10.6. The van der Waals surface area contributed by atoms with Gasteiger partial charge in [-0.15, -0.1) is 0 Å². The summed E-state index contributed by atoms with van der Waals surface area (Å²) >= 11 is 1.02. The Kier molecular flexibility index (Phi) is 8.11. The smallest absolute Gasteiger partial charge is 0.337 e. The Hall–Kier alpha value is -3.60. The Balaban J connectivity index is 1.94. The van der Waals surface area contributed by atoms with Crippen LogP contribution in [0.15, 0.2) is 51.0 Å². The molecule has 34 heavy (non-hydrogen) atoms. The summed E-state index contributed by atoms with van der Waals surface area (Å²) in [5, 5.41) is 4.71. The molecule has 10 nitrogen and oxygen atoms in total. The molecule has 0 spiro atoms. The monoisotopic (exact) mass is 486 g/mol. The molecule has 0 aliphatic heterocycles. The Labute approximate surface area is 200 Å². The van der Waals surface area contributed by atoms with Crippen molar-refractivity contribution in [3.05, 3.63) is 58.3 Å². The minimum absolute atomic E-state index is 0.0963. The fraction of sp³-hybridized carbons (Fsp3) is 0.348. The summed E-state index contributed by atoms with van der Waals surface area (Å²) in [6.45, 7) is 6.01. The molecule has 3 rings (SSSR count). The Morgan fingerprint density at radius 1 is 1.21 bits per heavy atom. The predicted octanol–water partition coefficient (Wildman–Crippen LogP) is 2.79. The van der Waals surface area contributed by atoms with Crippen LogP contribution in [-0.2, 0) is 16.1 Å². The number of nitrogens with one attached hydrogen (secondary N) is 2. The third-order valence-corrected chi connectivity index (χ3v) is 5.88. The molecule has 0 saturated heterocycles. The number of fused-ring (bicyclic) bond motifs is 1. The van der Waals surface area contributed by atoms with Crippen LogP contribution in [0.3, 0.4) is 0 Å². The number of methoxy groups -OCH3 is 1. The first kappa shape index (κ1) is 25.0. The maximum Gasteiger partial charge on any atom is 0.337 e. The molecule has 2 heterocycles. The van der Waals surface area contributed by atoms with Gasteiger partial charge in [-0.25, -0.2) is 14.6 Å². The van der Waals surface area contributed by atoms with E-state index in [1.165, 1.54) is 36.1 Å². The first-order valence-corrected chi connectivity index (χ1v) is 11.5. The van der Waals surface area contributed by atoms with Crippen molar-refractivity contribution in [2.75, 3.05) is 13.7 Å². The molecule has 2 aromatic heterocycles. The van der Waals surface area contributed by atoms with Gasteiger partial charge in [0, 0.05) is 6.54 Å². The lowest BCUT2D eigenvalue weighted by Crippen LogP contribution is -2.43. The van der Waals surface area contributed by atoms with Crippen molar-refractivity contribution in [1.82, 2.24) is 20.2 Å². The van der Waals surface area contributed by atoms with Crippen LogP contribution in [0.25, 0.3) is 10.9 Å². The normalized spacial score (nSPS) is 11.9. The van der Waals surface area contributed by atoms with E-state index in [4.69, 9.17) is 9.15 Å². The van der Waals surface area contributed by atoms with Gasteiger partial charge >= 0.3 is 12.0 Å². The van der Waals surface area contributed by atoms with Crippen LogP contribution in [0.5, 0.6) is 0 Å². The van der Waals surface area contributed by atoms with Crippen molar-refractivity contribution >= 4 is 40.6 Å². The summed E-state index contributed by atoms with van der Waals surface area (Å²) < 4.78 is 11.5. The number of amides is 3. The zero-order chi connectivity index (χ0) is 24.8. The average Bonchev–Trinajstić information content (AvgIpc) is 3.32. The number of nitrogens with zero attached hydrogens (tertiary/aromatic N) is 2. The standard InChI is InChI=1S/C23H26N4O6S/c1-13(2)11-24-22(31)26-19(28)14(3)34-23-25-18-10-15(21(30)32-4)7-8-17(18)20(29)27(23)12-16-6-5-9-33-16/h5-10,13-14H,11-12H2,1-4H3,(H2,24,26,28,31)/t14-/m0/s1. The summed E-state index contributed by atoms with van der Waals surface area (Å²) in [5.41, 5.74) is 0.172. The molecule has 11 heteroatoms. The molecule has 0 unspecified atom stereocenters. The Morgan fingerprint density at radius 3 is 2.62 bits per heavy atom. The number of furan rings is 1. The highest BCUT2D eigenvalue weighted by molar-refractivity contribution is 8.00. The van der Waals surface area contributed by atoms with Crippen LogP contribution in [0.4, 0.5) is 4.79 Å². The number of esters is 1. The second-order valence-electron chi connectivity index (χ2n) is 7.94. The van der Waals surface area contributed by atoms with E-state index in [0.717, 1.165) is 11.8 Å². The van der Waals surface area contributed by atoms with E-state index in [1.54, 1.807) is 19.1 Å². The number of carbonyl (C=O) groups is 3. The third-order valence-electron chi connectivity index (χ3n) is 4.79. The largest absolute Gasteiger partial charge is 0.467 e. The highest BCUT2D eigenvalue weighted by Gasteiger charge is 2.22. The molecule has 0 aliphatic carbocycles. The highest BCUT2D eigenvalue weighted by atomic mass is 32.2. The predicted molar refractivity (Wildman–Crippen MR) is 127 cm³/mol. The van der Waals surface area contributed by atoms with E-state index in [-0.39, 0.29) is 34.3 Å². The number of hydrogen-bond donors (Lipinski definition) is 2. The number of thioether (sulfide) groups is 1. The first-order chi connectivity index (χ1) is 16.2. The van der Waals surface area contributed by atoms with E-state index < -0.39 is 23.2 Å². The summed E-state index contributed by atoms with van der Waals surface area (Å²) in [6, 6.07) is 7.31. The van der Waals surface area contributed by atoms with Gasteiger partial charge in [-0.1, -0.05) is 25.6 Å². The molecule has 0 radical (unpaired) electrons. The maximum atomic E-state index is 13.3. The van der Waals surface area contributed by atoms with E-state index in [9.17, 15) is 19.2 Å². The molecule has 3 amide bonds. The SMILES string of the molecule is COC(=O)c1ccc2c(=O)n(Cc3ccco3)c(S[C@@H](C)C(=O)NC(=O)NCC(C)C)nc2c1. The van der Waals surface area contributed by atoms with Crippen LogP contribution < -0.4 is 16.2 Å². The lowest BCUT2D eigenvalue weighted by atomic mass is 10.1. The van der Waals surface area contributed by atoms with Crippen LogP contribution in [0, 0.1) is 5.92 Å². The zero-order valence-electron chi connectivity index (χ0n) is 19.3. The van der Waals surface area contributed by atoms with Crippen molar-refractivity contribution in [1.29, 1.82) is 0 Å². The number of benzene rings is 1. The average molecular weight is 487 g/mol. The lowest BCUT2D eigenvalue weighted by Gasteiger charge is -2.16. The Morgan fingerprint density at radius 2 is 1.97 bits per heavy atom. The van der Waals surface area contributed by atoms with E-state index in [0.29, 0.717) is 17.7 Å². The van der Waals surface area contributed by atoms with Gasteiger partial charge in [0.25, 0.3) is 5.56 Å². The fourth-order valence-electron chi connectivity index (χ4n) is 3.00. The van der Waals surface area contributed by atoms with Gasteiger partial charge < -0.3 is 14.5 Å². The molecular weight excluding hydrogens is 460 g/mol. The van der Waals surface area contributed by atoms with Gasteiger partial charge in [-0.3, -0.25) is 19.5 Å². The number of imide groups is 1. The van der Waals surface area contributed by atoms with E-state index in [2.05, 4.69) is 15.6 Å². The fourth-order valence-corrected chi connectivity index (χ4v) is 3.91. The summed E-state index contributed by atoms with van der Waals surface area (Å²) in [4.78, 5) is 54.3. The van der Waals surface area contributed by atoms with Gasteiger partial charge in [0.05, 0.1) is 41.6 Å². The number of carbonyl (C=O) groups excluding carboxylic acids is 3. The number of ether oxygens (including phenoxy) is 1. The summed E-state index contributed by atoms with van der Waals surface area (Å²) in [5.74, 6) is -0.326. The van der Waals surface area contributed by atoms with E-state index in [1.807, 2.05) is 13.8 Å². The quantitative estimate of drug-likeness (QED) is 0.282. The summed E-state index contributed by atoms with van der Waals surface area (Å²) in [7, 11) is 1.26. The molecule has 1 aromatic carbocycles. The maximum absolute atomic E-state index is 13.3. The minimum Gasteiger partial charge on any atom is -0.467 e. The number of rotatable bonds is 8. The molecular formula is C23H26N4O6S. The molecule has 0 saturated carbocycles. The van der Waals surface area contributed by atoms with Gasteiger partial charge in [0.1, 0.15) is 5.76 Å². The van der Waals surface area contributed by atoms with Gasteiger partial charge in [-0.05, 0) is 43.2 Å². The zero-order valence-corrected chi connectivity index (χ0v) is 20.1. The number of hydrogen-bond acceptors (Lipinski definition) is 8. The van der Waals surface area contributed by atoms with Crippen LogP contribution >= 0.6 is 11.8 Å². The van der Waals surface area contributed by atoms with E-state index >= 15 is 0 Å². The van der Waals surface area contributed by atoms with Gasteiger partial charge in [0.2, 0.25) is 5.91 Å². The molecule has 2 N–H and O–H groups in total. The van der Waals surface area contributed by atoms with Crippen LogP contribution in [0.1, 0.15) is 36.9 Å². The lowest BCUT2D eigenvalue weighted by molar-refractivity contribution is -0.119. The van der Waals surface area contributed by atoms with Crippen LogP contribution in [0.2, 0.25) is 0 Å². The Bertz CT molecular complexity index is 1250. The highest BCUT2D eigenvalue weighted by Crippen LogP contribution is 2.24. The summed E-state index contributed by atoms with van der Waals surface area (Å²) in [6.07, 6.45) is 1.50. The van der Waals surface area contributed by atoms with Gasteiger partial charge in [0.15, 0.2) is 5.16 Å². The van der Waals surface area contributed by atoms with Crippen molar-refractivity contribution in [2.24, 2.45) is 5.92 Å². The second-order valence-corrected chi connectivity index (χ2v) is 9.25. The van der Waals surface area contributed by atoms with Crippen molar-refractivity contribution in [3.63, 3.8) is 0 Å². The van der Waals surface area contributed by atoms with Gasteiger partial charge in [-0.2, -0.15) is 0 Å². The second kappa shape index (κ2) is 11.0. The third kappa shape index (κ3) is 6.04. The number of urea groups is 1.